The first kappa shape index (κ1) is 25.2. The van der Waals surface area contributed by atoms with E-state index < -0.39 is 17.8 Å². The Balaban J connectivity index is 1.21. The summed E-state index contributed by atoms with van der Waals surface area (Å²) in [6.45, 7) is 5.03. The van der Waals surface area contributed by atoms with Gasteiger partial charge in [0.05, 0.1) is 5.52 Å². The number of fused-ring (bicyclic) bond motifs is 1. The molecule has 0 spiro atoms. The van der Waals surface area contributed by atoms with Gasteiger partial charge in [0.2, 0.25) is 5.91 Å². The minimum absolute atomic E-state index is 0.0306. The van der Waals surface area contributed by atoms with Gasteiger partial charge < -0.3 is 15.1 Å². The van der Waals surface area contributed by atoms with Crippen molar-refractivity contribution in [3.05, 3.63) is 54.0 Å². The molecule has 0 aliphatic carbocycles. The number of carbonyl (C=O) groups excluding carboxylic acids is 2. The number of nitrogens with one attached hydrogen (secondary N) is 1. The van der Waals surface area contributed by atoms with E-state index in [2.05, 4.69) is 20.3 Å². The summed E-state index contributed by atoms with van der Waals surface area (Å²) in [7, 11) is 0. The molecule has 2 saturated heterocycles. The van der Waals surface area contributed by atoms with Gasteiger partial charge in [0.25, 0.3) is 5.91 Å². The number of anilines is 1. The maximum Gasteiger partial charge on any atom is 0.433 e. The number of hydrogen-bond acceptors (Lipinski definition) is 5. The number of amides is 2. The average Bonchev–Trinajstić information content (AvgIpc) is 3.53. The Kier molecular flexibility index (Phi) is 7.14. The van der Waals surface area contributed by atoms with E-state index in [1.807, 2.05) is 4.90 Å². The van der Waals surface area contributed by atoms with Crippen LogP contribution in [0.1, 0.15) is 41.9 Å². The van der Waals surface area contributed by atoms with Crippen molar-refractivity contribution in [2.24, 2.45) is 5.92 Å². The van der Waals surface area contributed by atoms with Crippen LogP contribution in [0.5, 0.6) is 0 Å². The molecule has 2 amide bonds. The molecule has 2 fully saturated rings. The number of hydrogen-bond donors (Lipinski definition) is 1. The van der Waals surface area contributed by atoms with Crippen LogP contribution in [-0.2, 0) is 17.5 Å². The second kappa shape index (κ2) is 10.5. The predicted octanol–water partition coefficient (Wildman–Crippen LogP) is 4.04. The lowest BCUT2D eigenvalue weighted by Crippen LogP contribution is -2.44. The number of piperidine rings is 1. The molecule has 2 aliphatic heterocycles. The Morgan fingerprint density at radius 2 is 1.86 bits per heavy atom. The fraction of sp³-hybridized carbons (Fsp3) is 0.462. The molecule has 0 unspecified atom stereocenters. The summed E-state index contributed by atoms with van der Waals surface area (Å²) in [6, 6.07) is 8.16. The minimum atomic E-state index is -4.63. The molecular formula is C26H29F3N6O2. The van der Waals surface area contributed by atoms with Crippen LogP contribution in [0.4, 0.5) is 18.9 Å². The van der Waals surface area contributed by atoms with Crippen LogP contribution in [-0.4, -0.2) is 69.1 Å². The SMILES string of the molecule is O=C(Nc1ccc2nn(CC(=O)N3CCC[C@H](CN4CCCC4)C3)cc2c1)c1cccc(C(F)(F)F)n1. The Morgan fingerprint density at radius 1 is 1.05 bits per heavy atom. The monoisotopic (exact) mass is 514 g/mol. The van der Waals surface area contributed by atoms with Crippen molar-refractivity contribution >= 4 is 28.4 Å². The molecule has 0 radical (unpaired) electrons. The van der Waals surface area contributed by atoms with Crippen LogP contribution in [0.3, 0.4) is 0 Å². The molecule has 1 N–H and O–H groups in total. The van der Waals surface area contributed by atoms with E-state index in [0.717, 1.165) is 57.7 Å². The molecule has 2 aliphatic rings. The van der Waals surface area contributed by atoms with Gasteiger partial charge in [0.1, 0.15) is 17.9 Å². The lowest BCUT2D eigenvalue weighted by Gasteiger charge is -2.34. The predicted molar refractivity (Wildman–Crippen MR) is 132 cm³/mol. The van der Waals surface area contributed by atoms with Crippen LogP contribution in [0.15, 0.2) is 42.6 Å². The Labute approximate surface area is 212 Å². The number of likely N-dealkylation sites (tertiary alicyclic amines) is 2. The van der Waals surface area contributed by atoms with E-state index in [1.54, 1.807) is 29.1 Å². The van der Waals surface area contributed by atoms with Gasteiger partial charge in [-0.1, -0.05) is 6.07 Å². The van der Waals surface area contributed by atoms with E-state index >= 15 is 0 Å². The van der Waals surface area contributed by atoms with Crippen LogP contribution < -0.4 is 5.32 Å². The summed E-state index contributed by atoms with van der Waals surface area (Å²) >= 11 is 0. The number of aromatic nitrogens is 3. The molecule has 4 heterocycles. The van der Waals surface area contributed by atoms with Gasteiger partial charge in [-0.05, 0) is 75.0 Å². The van der Waals surface area contributed by atoms with Gasteiger partial charge >= 0.3 is 6.18 Å². The topological polar surface area (TPSA) is 83.4 Å². The van der Waals surface area contributed by atoms with Gasteiger partial charge in [0, 0.05) is 36.9 Å². The fourth-order valence-electron chi connectivity index (χ4n) is 5.16. The number of pyridine rings is 1. The quantitative estimate of drug-likeness (QED) is 0.537. The minimum Gasteiger partial charge on any atom is -0.341 e. The first-order valence-corrected chi connectivity index (χ1v) is 12.6. The van der Waals surface area contributed by atoms with Crippen molar-refractivity contribution in [3.8, 4) is 0 Å². The first-order valence-electron chi connectivity index (χ1n) is 12.6. The highest BCUT2D eigenvalue weighted by Gasteiger charge is 2.33. The van der Waals surface area contributed by atoms with Crippen molar-refractivity contribution in [1.82, 2.24) is 24.6 Å². The van der Waals surface area contributed by atoms with Gasteiger partial charge in [-0.3, -0.25) is 14.3 Å². The molecule has 8 nitrogen and oxygen atoms in total. The van der Waals surface area contributed by atoms with Crippen molar-refractivity contribution < 1.29 is 22.8 Å². The molecule has 1 atom stereocenters. The summed E-state index contributed by atoms with van der Waals surface area (Å²) in [4.78, 5) is 33.3. The van der Waals surface area contributed by atoms with Crippen LogP contribution in [0, 0.1) is 5.92 Å². The largest absolute Gasteiger partial charge is 0.433 e. The summed E-state index contributed by atoms with van der Waals surface area (Å²) in [5.41, 5.74) is -0.421. The Hall–Kier alpha value is -3.47. The number of alkyl halides is 3. The highest BCUT2D eigenvalue weighted by Crippen LogP contribution is 2.27. The van der Waals surface area contributed by atoms with E-state index in [9.17, 15) is 22.8 Å². The zero-order valence-corrected chi connectivity index (χ0v) is 20.4. The first-order chi connectivity index (χ1) is 17.7. The van der Waals surface area contributed by atoms with E-state index in [0.29, 0.717) is 22.5 Å². The molecule has 11 heteroatoms. The van der Waals surface area contributed by atoms with Crippen molar-refractivity contribution in [2.75, 3.05) is 38.0 Å². The molecular weight excluding hydrogens is 485 g/mol. The molecule has 0 saturated carbocycles. The zero-order chi connectivity index (χ0) is 26.0. The van der Waals surface area contributed by atoms with Gasteiger partial charge in [-0.25, -0.2) is 4.98 Å². The molecule has 5 rings (SSSR count). The zero-order valence-electron chi connectivity index (χ0n) is 20.4. The maximum atomic E-state index is 13.0. The van der Waals surface area contributed by atoms with Gasteiger partial charge in [0.15, 0.2) is 0 Å². The third-order valence-corrected chi connectivity index (χ3v) is 6.97. The summed E-state index contributed by atoms with van der Waals surface area (Å²) in [6.07, 6.45) is 1.78. The highest BCUT2D eigenvalue weighted by atomic mass is 19.4. The van der Waals surface area contributed by atoms with Gasteiger partial charge in [-0.15, -0.1) is 0 Å². The smallest absolute Gasteiger partial charge is 0.341 e. The normalized spacial score (nSPS) is 18.9. The van der Waals surface area contributed by atoms with E-state index in [-0.39, 0.29) is 18.1 Å². The summed E-state index contributed by atoms with van der Waals surface area (Å²) in [5.74, 6) is -0.213. The molecule has 0 bridgehead atoms. The molecule has 1 aromatic carbocycles. The fourth-order valence-corrected chi connectivity index (χ4v) is 5.16. The van der Waals surface area contributed by atoms with Gasteiger partial charge in [-0.2, -0.15) is 18.3 Å². The Bertz CT molecular complexity index is 1280. The average molecular weight is 515 g/mol. The highest BCUT2D eigenvalue weighted by molar-refractivity contribution is 6.03. The summed E-state index contributed by atoms with van der Waals surface area (Å²) in [5, 5.41) is 7.76. The van der Waals surface area contributed by atoms with Crippen LogP contribution in [0.2, 0.25) is 0 Å². The number of halogens is 3. The molecule has 37 heavy (non-hydrogen) atoms. The third-order valence-electron chi connectivity index (χ3n) is 6.97. The Morgan fingerprint density at radius 3 is 2.65 bits per heavy atom. The number of nitrogens with zero attached hydrogens (tertiary/aromatic N) is 5. The number of benzene rings is 1. The summed E-state index contributed by atoms with van der Waals surface area (Å²) < 4.78 is 40.3. The third kappa shape index (κ3) is 6.10. The number of carbonyl (C=O) groups is 2. The second-order valence-corrected chi connectivity index (χ2v) is 9.82. The van der Waals surface area contributed by atoms with Crippen molar-refractivity contribution in [1.29, 1.82) is 0 Å². The van der Waals surface area contributed by atoms with E-state index in [4.69, 9.17) is 0 Å². The molecule has 196 valence electrons. The number of rotatable bonds is 6. The maximum absolute atomic E-state index is 13.0. The van der Waals surface area contributed by atoms with Crippen LogP contribution in [0.25, 0.3) is 10.9 Å². The van der Waals surface area contributed by atoms with Crippen LogP contribution >= 0.6 is 0 Å². The van der Waals surface area contributed by atoms with E-state index in [1.165, 1.54) is 18.9 Å². The lowest BCUT2D eigenvalue weighted by atomic mass is 9.97. The van der Waals surface area contributed by atoms with Crippen molar-refractivity contribution in [2.45, 2.75) is 38.4 Å². The standard InChI is InChI=1S/C26H29F3N6O2/c27-26(28,29)23-7-3-6-22(31-23)25(37)30-20-8-9-21-19(13-20)16-35(32-21)17-24(36)34-12-4-5-18(15-34)14-33-10-1-2-11-33/h3,6-9,13,16,18H,1-2,4-5,10-12,14-15,17H2,(H,30,37)/t18-/m1/s1. The molecule has 3 aromatic rings. The molecule has 2 aromatic heterocycles. The lowest BCUT2D eigenvalue weighted by molar-refractivity contribution is -0.141. The van der Waals surface area contributed by atoms with Crippen molar-refractivity contribution in [3.63, 3.8) is 0 Å². The second-order valence-electron chi connectivity index (χ2n) is 9.82.